The van der Waals surface area contributed by atoms with Crippen molar-refractivity contribution in [1.29, 1.82) is 0 Å². The molecule has 0 spiro atoms. The molecular weight excluding hydrogens is 506 g/mol. The van der Waals surface area contributed by atoms with E-state index in [2.05, 4.69) is 4.90 Å². The molecule has 9 nitrogen and oxygen atoms in total. The monoisotopic (exact) mass is 543 g/mol. The highest BCUT2D eigenvalue weighted by molar-refractivity contribution is 7.22. The molecule has 2 heterocycles. The number of ether oxygens (including phenoxy) is 5. The largest absolute Gasteiger partial charge is 0.497 e. The molecule has 0 unspecified atom stereocenters. The minimum Gasteiger partial charge on any atom is -0.497 e. The van der Waals surface area contributed by atoms with E-state index in [1.54, 1.807) is 24.1 Å². The number of rotatable bonds is 13. The van der Waals surface area contributed by atoms with E-state index < -0.39 is 0 Å². The standard InChI is InChI=1S/C28H37N3O6S/c1-5-35-23-17-20(18-24(36-6-2)26(23)37-7-3)27(32)31(12-8-11-30-13-15-34-16-14-30)28-29-22-19-21(33-4)9-10-25(22)38-28/h9-10,17-19H,5-8,11-16H2,1-4H3. The van der Waals surface area contributed by atoms with Gasteiger partial charge in [-0.05, 0) is 51.5 Å². The molecule has 1 fully saturated rings. The number of thiazole rings is 1. The molecule has 0 radical (unpaired) electrons. The molecule has 1 saturated heterocycles. The molecule has 4 rings (SSSR count). The van der Waals surface area contributed by atoms with Crippen molar-refractivity contribution in [2.45, 2.75) is 27.2 Å². The van der Waals surface area contributed by atoms with Crippen LogP contribution in [-0.2, 0) is 4.74 Å². The summed E-state index contributed by atoms with van der Waals surface area (Å²) in [5.41, 5.74) is 1.26. The lowest BCUT2D eigenvalue weighted by Gasteiger charge is -2.28. The molecule has 206 valence electrons. The van der Waals surface area contributed by atoms with Crippen LogP contribution in [0.15, 0.2) is 30.3 Å². The highest BCUT2D eigenvalue weighted by atomic mass is 32.1. The summed E-state index contributed by atoms with van der Waals surface area (Å²) in [4.78, 5) is 23.0. The average Bonchev–Trinajstić information content (AvgIpc) is 3.36. The Balaban J connectivity index is 1.68. The first kappa shape index (κ1) is 27.9. The third-order valence-electron chi connectivity index (χ3n) is 6.18. The second kappa shape index (κ2) is 13.6. The molecule has 3 aromatic rings. The fourth-order valence-electron chi connectivity index (χ4n) is 4.37. The van der Waals surface area contributed by atoms with Crippen LogP contribution >= 0.6 is 11.3 Å². The summed E-state index contributed by atoms with van der Waals surface area (Å²) in [6.45, 7) is 11.7. The SMILES string of the molecule is CCOc1cc(C(=O)N(CCCN2CCOCC2)c2nc3cc(OC)ccc3s2)cc(OCC)c1OCC. The Hall–Kier alpha value is -3.08. The number of anilines is 1. The number of amides is 1. The molecule has 1 amide bonds. The van der Waals surface area contributed by atoms with Crippen molar-refractivity contribution in [3.8, 4) is 23.0 Å². The van der Waals surface area contributed by atoms with Gasteiger partial charge in [0, 0.05) is 37.8 Å². The lowest BCUT2D eigenvalue weighted by molar-refractivity contribution is 0.0376. The van der Waals surface area contributed by atoms with Crippen LogP contribution < -0.4 is 23.8 Å². The molecule has 1 aliphatic heterocycles. The van der Waals surface area contributed by atoms with Crippen molar-refractivity contribution >= 4 is 32.6 Å². The fraction of sp³-hybridized carbons (Fsp3) is 0.500. The van der Waals surface area contributed by atoms with Gasteiger partial charge >= 0.3 is 0 Å². The van der Waals surface area contributed by atoms with Gasteiger partial charge in [0.2, 0.25) is 5.75 Å². The van der Waals surface area contributed by atoms with E-state index in [9.17, 15) is 4.79 Å². The van der Waals surface area contributed by atoms with Crippen molar-refractivity contribution < 1.29 is 28.5 Å². The van der Waals surface area contributed by atoms with E-state index in [1.807, 2.05) is 39.0 Å². The van der Waals surface area contributed by atoms with E-state index in [0.717, 1.165) is 55.2 Å². The molecule has 0 bridgehead atoms. The minimum atomic E-state index is -0.164. The zero-order chi connectivity index (χ0) is 26.9. The van der Waals surface area contributed by atoms with Gasteiger partial charge in [-0.15, -0.1) is 0 Å². The van der Waals surface area contributed by atoms with Crippen LogP contribution in [0.3, 0.4) is 0 Å². The number of morpholine rings is 1. The van der Waals surface area contributed by atoms with Gasteiger partial charge in [0.05, 0.1) is 50.4 Å². The number of nitrogens with zero attached hydrogens (tertiary/aromatic N) is 3. The Morgan fingerprint density at radius 1 is 1.03 bits per heavy atom. The van der Waals surface area contributed by atoms with E-state index in [-0.39, 0.29) is 5.91 Å². The quantitative estimate of drug-likeness (QED) is 0.302. The number of hydrogen-bond acceptors (Lipinski definition) is 9. The molecule has 1 aromatic heterocycles. The smallest absolute Gasteiger partial charge is 0.260 e. The molecular formula is C28H37N3O6S. The fourth-order valence-corrected chi connectivity index (χ4v) is 5.34. The molecule has 0 saturated carbocycles. The minimum absolute atomic E-state index is 0.164. The Bertz CT molecular complexity index is 1180. The van der Waals surface area contributed by atoms with Crippen LogP contribution in [0.25, 0.3) is 10.2 Å². The van der Waals surface area contributed by atoms with Crippen LogP contribution in [0, 0.1) is 0 Å². The maximum Gasteiger partial charge on any atom is 0.260 e. The zero-order valence-corrected chi connectivity index (χ0v) is 23.5. The Labute approximate surface area is 228 Å². The number of hydrogen-bond donors (Lipinski definition) is 0. The molecule has 0 N–H and O–H groups in total. The Kier molecular flexibility index (Phi) is 10.0. The van der Waals surface area contributed by atoms with Gasteiger partial charge in [0.25, 0.3) is 5.91 Å². The predicted molar refractivity (Wildman–Crippen MR) is 150 cm³/mol. The van der Waals surface area contributed by atoms with Gasteiger partial charge in [-0.25, -0.2) is 4.98 Å². The normalized spacial score (nSPS) is 13.9. The van der Waals surface area contributed by atoms with E-state index in [0.29, 0.717) is 54.3 Å². The number of methoxy groups -OCH3 is 1. The van der Waals surface area contributed by atoms with Crippen LogP contribution in [0.5, 0.6) is 23.0 Å². The van der Waals surface area contributed by atoms with Crippen LogP contribution in [-0.4, -0.2) is 82.1 Å². The highest BCUT2D eigenvalue weighted by Gasteiger charge is 2.25. The second-order valence-corrected chi connectivity index (χ2v) is 9.70. The molecule has 0 aliphatic carbocycles. The average molecular weight is 544 g/mol. The van der Waals surface area contributed by atoms with Crippen molar-refractivity contribution in [2.24, 2.45) is 0 Å². The van der Waals surface area contributed by atoms with Crippen molar-refractivity contribution in [3.05, 3.63) is 35.9 Å². The van der Waals surface area contributed by atoms with Gasteiger partial charge in [0.15, 0.2) is 16.6 Å². The van der Waals surface area contributed by atoms with E-state index >= 15 is 0 Å². The third kappa shape index (κ3) is 6.67. The van der Waals surface area contributed by atoms with Gasteiger partial charge in [0.1, 0.15) is 5.75 Å². The summed E-state index contributed by atoms with van der Waals surface area (Å²) in [6.07, 6.45) is 0.804. The topological polar surface area (TPSA) is 82.6 Å². The zero-order valence-electron chi connectivity index (χ0n) is 22.7. The maximum atomic E-state index is 14.1. The number of fused-ring (bicyclic) bond motifs is 1. The maximum absolute atomic E-state index is 14.1. The lowest BCUT2D eigenvalue weighted by atomic mass is 10.1. The van der Waals surface area contributed by atoms with Crippen molar-refractivity contribution in [2.75, 3.05) is 71.2 Å². The first-order valence-corrected chi connectivity index (χ1v) is 14.0. The van der Waals surface area contributed by atoms with Crippen LogP contribution in [0.4, 0.5) is 5.13 Å². The summed E-state index contributed by atoms with van der Waals surface area (Å²) < 4.78 is 29.4. The molecule has 0 atom stereocenters. The second-order valence-electron chi connectivity index (χ2n) is 8.70. The molecule has 2 aromatic carbocycles. The van der Waals surface area contributed by atoms with E-state index in [4.69, 9.17) is 28.7 Å². The van der Waals surface area contributed by atoms with Gasteiger partial charge in [-0.1, -0.05) is 11.3 Å². The predicted octanol–water partition coefficient (Wildman–Crippen LogP) is 4.87. The highest BCUT2D eigenvalue weighted by Crippen LogP contribution is 2.40. The third-order valence-corrected chi connectivity index (χ3v) is 7.23. The lowest BCUT2D eigenvalue weighted by Crippen LogP contribution is -2.39. The first-order chi connectivity index (χ1) is 18.6. The number of carbonyl (C=O) groups is 1. The number of aromatic nitrogens is 1. The molecule has 10 heteroatoms. The van der Waals surface area contributed by atoms with Gasteiger partial charge < -0.3 is 23.7 Å². The van der Waals surface area contributed by atoms with E-state index in [1.165, 1.54) is 11.3 Å². The Morgan fingerprint density at radius 3 is 2.34 bits per heavy atom. The van der Waals surface area contributed by atoms with Crippen molar-refractivity contribution in [1.82, 2.24) is 9.88 Å². The molecule has 1 aliphatic rings. The summed E-state index contributed by atoms with van der Waals surface area (Å²) in [7, 11) is 1.63. The summed E-state index contributed by atoms with van der Waals surface area (Å²) in [5, 5.41) is 0.644. The summed E-state index contributed by atoms with van der Waals surface area (Å²) in [5.74, 6) is 2.06. The Morgan fingerprint density at radius 2 is 1.71 bits per heavy atom. The molecule has 38 heavy (non-hydrogen) atoms. The number of benzene rings is 2. The van der Waals surface area contributed by atoms with Gasteiger partial charge in [-0.3, -0.25) is 14.6 Å². The van der Waals surface area contributed by atoms with Crippen LogP contribution in [0.2, 0.25) is 0 Å². The summed E-state index contributed by atoms with van der Waals surface area (Å²) in [6, 6.07) is 9.26. The summed E-state index contributed by atoms with van der Waals surface area (Å²) >= 11 is 1.49. The van der Waals surface area contributed by atoms with Crippen LogP contribution in [0.1, 0.15) is 37.6 Å². The number of carbonyl (C=O) groups excluding carboxylic acids is 1. The van der Waals surface area contributed by atoms with Crippen molar-refractivity contribution in [3.63, 3.8) is 0 Å². The van der Waals surface area contributed by atoms with Gasteiger partial charge in [-0.2, -0.15) is 0 Å². The first-order valence-electron chi connectivity index (χ1n) is 13.2.